The number of hydrogen-bond acceptors (Lipinski definition) is 2. The summed E-state index contributed by atoms with van der Waals surface area (Å²) in [6.07, 6.45) is 5.76. The van der Waals surface area contributed by atoms with Gasteiger partial charge in [-0.15, -0.1) is 0 Å². The van der Waals surface area contributed by atoms with Gasteiger partial charge >= 0.3 is 0 Å². The predicted octanol–water partition coefficient (Wildman–Crippen LogP) is 1.46. The summed E-state index contributed by atoms with van der Waals surface area (Å²) in [6, 6.07) is 0. The third-order valence-corrected chi connectivity index (χ3v) is 2.73. The zero-order chi connectivity index (χ0) is 10.4. The van der Waals surface area contributed by atoms with E-state index in [1.165, 1.54) is 0 Å². The third-order valence-electron chi connectivity index (χ3n) is 2.52. The Labute approximate surface area is 90.6 Å². The number of hydrogen-bond donors (Lipinski definition) is 1. The van der Waals surface area contributed by atoms with Crippen LogP contribution >= 0.6 is 12.2 Å². The largest absolute Gasteiger partial charge is 0.393 e. The van der Waals surface area contributed by atoms with Crippen LogP contribution in [0, 0.1) is 0 Å². The van der Waals surface area contributed by atoms with Crippen molar-refractivity contribution >= 4 is 23.1 Å². The predicted molar refractivity (Wildman–Crippen MR) is 61.1 cm³/mol. The molecule has 1 aliphatic rings. The standard InChI is InChI=1S/C10H18N2OS/c11-9(14)5-1-3-7-12-8-4-2-6-10(12)13/h1-8H2,(H2,11,14). The van der Waals surface area contributed by atoms with Gasteiger partial charge in [0.25, 0.3) is 0 Å². The molecular weight excluding hydrogens is 196 g/mol. The first-order valence-electron chi connectivity index (χ1n) is 5.26. The quantitative estimate of drug-likeness (QED) is 0.556. The van der Waals surface area contributed by atoms with Crippen molar-refractivity contribution in [3.63, 3.8) is 0 Å². The highest BCUT2D eigenvalue weighted by Gasteiger charge is 2.16. The molecule has 14 heavy (non-hydrogen) atoms. The Hall–Kier alpha value is -0.640. The Morgan fingerprint density at radius 2 is 2.21 bits per heavy atom. The highest BCUT2D eigenvalue weighted by Crippen LogP contribution is 2.11. The zero-order valence-electron chi connectivity index (χ0n) is 8.50. The number of nitrogens with two attached hydrogens (primary N) is 1. The maximum absolute atomic E-state index is 11.4. The van der Waals surface area contributed by atoms with Crippen molar-refractivity contribution in [2.75, 3.05) is 13.1 Å². The van der Waals surface area contributed by atoms with Gasteiger partial charge in [-0.05, 0) is 32.1 Å². The summed E-state index contributed by atoms with van der Waals surface area (Å²) in [5, 5.41) is 0. The van der Waals surface area contributed by atoms with E-state index in [-0.39, 0.29) is 0 Å². The molecular formula is C10H18N2OS. The molecule has 0 bridgehead atoms. The number of nitrogens with zero attached hydrogens (tertiary/aromatic N) is 1. The lowest BCUT2D eigenvalue weighted by Crippen LogP contribution is -2.35. The van der Waals surface area contributed by atoms with E-state index in [1.807, 2.05) is 4.90 Å². The fourth-order valence-corrected chi connectivity index (χ4v) is 1.84. The Kier molecular flexibility index (Phi) is 4.87. The van der Waals surface area contributed by atoms with Crippen LogP contribution in [0.2, 0.25) is 0 Å². The molecule has 3 nitrogen and oxygen atoms in total. The minimum absolute atomic E-state index is 0.312. The van der Waals surface area contributed by atoms with E-state index in [4.69, 9.17) is 18.0 Å². The van der Waals surface area contributed by atoms with Crippen LogP contribution in [0.3, 0.4) is 0 Å². The molecule has 1 aliphatic heterocycles. The molecule has 1 amide bonds. The van der Waals surface area contributed by atoms with Crippen molar-refractivity contribution in [2.24, 2.45) is 5.73 Å². The SMILES string of the molecule is NC(=S)CCCCN1CCCCC1=O. The van der Waals surface area contributed by atoms with E-state index in [0.29, 0.717) is 10.9 Å². The van der Waals surface area contributed by atoms with Crippen LogP contribution in [0.25, 0.3) is 0 Å². The molecule has 0 aliphatic carbocycles. The van der Waals surface area contributed by atoms with Gasteiger partial charge in [0.15, 0.2) is 0 Å². The minimum Gasteiger partial charge on any atom is -0.393 e. The van der Waals surface area contributed by atoms with Crippen molar-refractivity contribution in [3.05, 3.63) is 0 Å². The number of carbonyl (C=O) groups is 1. The second-order valence-corrected chi connectivity index (χ2v) is 4.29. The summed E-state index contributed by atoms with van der Waals surface area (Å²) in [7, 11) is 0. The number of carbonyl (C=O) groups excluding carboxylic acids is 1. The summed E-state index contributed by atoms with van der Waals surface area (Å²) in [5.41, 5.74) is 5.39. The van der Waals surface area contributed by atoms with Gasteiger partial charge in [0.2, 0.25) is 5.91 Å². The number of likely N-dealkylation sites (tertiary alicyclic amines) is 1. The van der Waals surface area contributed by atoms with E-state index in [1.54, 1.807) is 0 Å². The molecule has 1 fully saturated rings. The topological polar surface area (TPSA) is 46.3 Å². The highest BCUT2D eigenvalue weighted by atomic mass is 32.1. The first-order chi connectivity index (χ1) is 6.70. The first kappa shape index (κ1) is 11.4. The molecule has 0 aromatic carbocycles. The molecule has 80 valence electrons. The van der Waals surface area contributed by atoms with Crippen molar-refractivity contribution in [1.82, 2.24) is 4.90 Å². The summed E-state index contributed by atoms with van der Waals surface area (Å²) in [6.45, 7) is 1.81. The van der Waals surface area contributed by atoms with Crippen LogP contribution < -0.4 is 5.73 Å². The van der Waals surface area contributed by atoms with E-state index in [2.05, 4.69) is 0 Å². The minimum atomic E-state index is 0.312. The van der Waals surface area contributed by atoms with Crippen molar-refractivity contribution < 1.29 is 4.79 Å². The molecule has 0 radical (unpaired) electrons. The maximum atomic E-state index is 11.4. The van der Waals surface area contributed by atoms with Gasteiger partial charge in [-0.3, -0.25) is 4.79 Å². The van der Waals surface area contributed by atoms with Crippen LogP contribution in [0.15, 0.2) is 0 Å². The highest BCUT2D eigenvalue weighted by molar-refractivity contribution is 7.80. The molecule has 0 unspecified atom stereocenters. The lowest BCUT2D eigenvalue weighted by atomic mass is 10.1. The van der Waals surface area contributed by atoms with Crippen molar-refractivity contribution in [2.45, 2.75) is 38.5 Å². The molecule has 0 saturated carbocycles. The zero-order valence-corrected chi connectivity index (χ0v) is 9.31. The van der Waals surface area contributed by atoms with Gasteiger partial charge in [-0.25, -0.2) is 0 Å². The van der Waals surface area contributed by atoms with Crippen LogP contribution in [-0.4, -0.2) is 28.9 Å². The average molecular weight is 214 g/mol. The molecule has 0 aromatic heterocycles. The Bertz CT molecular complexity index is 218. The first-order valence-corrected chi connectivity index (χ1v) is 5.67. The summed E-state index contributed by atoms with van der Waals surface area (Å²) in [4.78, 5) is 13.9. The Balaban J connectivity index is 2.10. The monoisotopic (exact) mass is 214 g/mol. The molecule has 4 heteroatoms. The third kappa shape index (κ3) is 4.05. The number of unbranched alkanes of at least 4 members (excludes halogenated alkanes) is 1. The number of rotatable bonds is 5. The van der Waals surface area contributed by atoms with E-state index < -0.39 is 0 Å². The average Bonchev–Trinajstić information content (AvgIpc) is 2.15. The van der Waals surface area contributed by atoms with Crippen molar-refractivity contribution in [3.8, 4) is 0 Å². The summed E-state index contributed by atoms with van der Waals surface area (Å²) < 4.78 is 0. The molecule has 1 saturated heterocycles. The second-order valence-electron chi connectivity index (χ2n) is 3.76. The molecule has 1 rings (SSSR count). The van der Waals surface area contributed by atoms with Crippen LogP contribution in [0.5, 0.6) is 0 Å². The number of piperidine rings is 1. The van der Waals surface area contributed by atoms with Gasteiger partial charge in [-0.1, -0.05) is 12.2 Å². The molecule has 0 spiro atoms. The number of thiocarbonyl (C=S) groups is 1. The van der Waals surface area contributed by atoms with Crippen molar-refractivity contribution in [1.29, 1.82) is 0 Å². The van der Waals surface area contributed by atoms with E-state index >= 15 is 0 Å². The lowest BCUT2D eigenvalue weighted by molar-refractivity contribution is -0.133. The molecule has 1 heterocycles. The summed E-state index contributed by atoms with van der Waals surface area (Å²) in [5.74, 6) is 0.312. The maximum Gasteiger partial charge on any atom is 0.222 e. The Morgan fingerprint density at radius 3 is 2.86 bits per heavy atom. The normalized spacial score (nSPS) is 17.1. The second kappa shape index (κ2) is 5.96. The van der Waals surface area contributed by atoms with Gasteiger partial charge in [0.05, 0.1) is 4.99 Å². The van der Waals surface area contributed by atoms with Gasteiger partial charge in [0, 0.05) is 19.5 Å². The van der Waals surface area contributed by atoms with E-state index in [0.717, 1.165) is 51.6 Å². The van der Waals surface area contributed by atoms with Crippen LogP contribution in [0.1, 0.15) is 38.5 Å². The van der Waals surface area contributed by atoms with Gasteiger partial charge in [0.1, 0.15) is 0 Å². The smallest absolute Gasteiger partial charge is 0.222 e. The number of amides is 1. The van der Waals surface area contributed by atoms with Crippen LogP contribution in [0.4, 0.5) is 0 Å². The van der Waals surface area contributed by atoms with Crippen LogP contribution in [-0.2, 0) is 4.79 Å². The Morgan fingerprint density at radius 1 is 1.43 bits per heavy atom. The summed E-state index contributed by atoms with van der Waals surface area (Å²) >= 11 is 4.79. The van der Waals surface area contributed by atoms with Gasteiger partial charge in [-0.2, -0.15) is 0 Å². The molecule has 0 atom stereocenters. The lowest BCUT2D eigenvalue weighted by Gasteiger charge is -2.26. The van der Waals surface area contributed by atoms with E-state index in [9.17, 15) is 4.79 Å². The molecule has 2 N–H and O–H groups in total. The molecule has 0 aromatic rings. The fourth-order valence-electron chi connectivity index (χ4n) is 1.70. The van der Waals surface area contributed by atoms with Gasteiger partial charge < -0.3 is 10.6 Å². The fraction of sp³-hybridized carbons (Fsp3) is 0.800.